The van der Waals surface area contributed by atoms with Crippen molar-refractivity contribution < 1.29 is 14.4 Å². The Morgan fingerprint density at radius 1 is 1.18 bits per heavy atom. The van der Waals surface area contributed by atoms with Crippen LogP contribution in [-0.2, 0) is 9.59 Å². The normalized spacial score (nSPS) is 17.9. The summed E-state index contributed by atoms with van der Waals surface area (Å²) in [6.07, 6.45) is 2.83. The molecular weight excluding hydrogens is 380 g/mol. The molecule has 7 nitrogen and oxygen atoms in total. The number of nitrogens with zero attached hydrogens (tertiary/aromatic N) is 2. The highest BCUT2D eigenvalue weighted by molar-refractivity contribution is 6.33. The number of rotatable bonds is 4. The van der Waals surface area contributed by atoms with Gasteiger partial charge in [0.15, 0.2) is 0 Å². The van der Waals surface area contributed by atoms with Gasteiger partial charge in [0.2, 0.25) is 11.8 Å². The molecule has 2 saturated heterocycles. The minimum absolute atomic E-state index is 0.00952. The molecule has 2 fully saturated rings. The maximum atomic E-state index is 12.4. The van der Waals surface area contributed by atoms with E-state index in [1.165, 1.54) is 0 Å². The molecule has 0 bridgehead atoms. The first-order chi connectivity index (χ1) is 13.3. The van der Waals surface area contributed by atoms with Crippen LogP contribution in [0.5, 0.6) is 0 Å². The molecule has 0 aliphatic carbocycles. The molecule has 4 amide bonds. The van der Waals surface area contributed by atoms with Gasteiger partial charge in [0, 0.05) is 43.7 Å². The molecule has 2 aliphatic rings. The maximum Gasteiger partial charge on any atom is 0.319 e. The summed E-state index contributed by atoms with van der Waals surface area (Å²) in [6.45, 7) is 5.77. The molecule has 8 heteroatoms. The van der Waals surface area contributed by atoms with E-state index in [4.69, 9.17) is 11.6 Å². The van der Waals surface area contributed by atoms with Crippen molar-refractivity contribution in [2.24, 2.45) is 5.92 Å². The van der Waals surface area contributed by atoms with Crippen molar-refractivity contribution in [1.82, 2.24) is 10.2 Å². The van der Waals surface area contributed by atoms with E-state index >= 15 is 0 Å². The van der Waals surface area contributed by atoms with Gasteiger partial charge in [-0.05, 0) is 37.5 Å². The van der Waals surface area contributed by atoms with Gasteiger partial charge in [0.05, 0.1) is 10.7 Å². The van der Waals surface area contributed by atoms with Crippen molar-refractivity contribution >= 4 is 40.8 Å². The summed E-state index contributed by atoms with van der Waals surface area (Å²) in [5.41, 5.74) is 1.21. The van der Waals surface area contributed by atoms with Crippen molar-refractivity contribution in [3.8, 4) is 0 Å². The van der Waals surface area contributed by atoms with Crippen LogP contribution in [-0.4, -0.2) is 48.4 Å². The number of piperidine rings is 1. The molecule has 0 spiro atoms. The zero-order valence-corrected chi connectivity index (χ0v) is 17.1. The van der Waals surface area contributed by atoms with Crippen LogP contribution in [0.3, 0.4) is 0 Å². The van der Waals surface area contributed by atoms with Crippen LogP contribution in [0.25, 0.3) is 0 Å². The zero-order valence-electron chi connectivity index (χ0n) is 16.3. The van der Waals surface area contributed by atoms with Gasteiger partial charge in [-0.3, -0.25) is 9.59 Å². The quantitative estimate of drug-likeness (QED) is 0.805. The number of hydrogen-bond acceptors (Lipinski definition) is 3. The molecule has 0 radical (unpaired) electrons. The fraction of sp³-hybridized carbons (Fsp3) is 0.550. The number of nitrogens with one attached hydrogen (secondary N) is 2. The van der Waals surface area contributed by atoms with Crippen molar-refractivity contribution in [2.75, 3.05) is 29.9 Å². The Hall–Kier alpha value is -2.28. The third-order valence-corrected chi connectivity index (χ3v) is 5.55. The van der Waals surface area contributed by atoms with Crippen molar-refractivity contribution in [3.05, 3.63) is 23.2 Å². The van der Waals surface area contributed by atoms with E-state index in [9.17, 15) is 14.4 Å². The Kier molecular flexibility index (Phi) is 6.44. The monoisotopic (exact) mass is 406 g/mol. The summed E-state index contributed by atoms with van der Waals surface area (Å²) in [5.74, 6) is 0.230. The Labute approximate surface area is 170 Å². The first-order valence-electron chi connectivity index (χ1n) is 9.81. The highest BCUT2D eigenvalue weighted by Gasteiger charge is 2.26. The molecule has 0 saturated carbocycles. The molecule has 2 heterocycles. The largest absolute Gasteiger partial charge is 0.342 e. The van der Waals surface area contributed by atoms with Crippen LogP contribution < -0.4 is 15.5 Å². The second kappa shape index (κ2) is 8.82. The number of urea groups is 1. The predicted molar refractivity (Wildman–Crippen MR) is 110 cm³/mol. The number of carbonyl (C=O) groups excluding carboxylic acids is 3. The van der Waals surface area contributed by atoms with Gasteiger partial charge in [-0.2, -0.15) is 0 Å². The van der Waals surface area contributed by atoms with Crippen molar-refractivity contribution in [2.45, 2.75) is 45.6 Å². The van der Waals surface area contributed by atoms with Crippen LogP contribution in [0.4, 0.5) is 16.2 Å². The molecule has 1 aromatic rings. The lowest BCUT2D eigenvalue weighted by Crippen LogP contribution is -2.48. The molecule has 2 aliphatic heterocycles. The fourth-order valence-electron chi connectivity index (χ4n) is 3.65. The van der Waals surface area contributed by atoms with Crippen LogP contribution >= 0.6 is 11.6 Å². The number of halogens is 1. The van der Waals surface area contributed by atoms with E-state index in [1.54, 1.807) is 23.1 Å². The standard InChI is InChI=1S/C20H27ClN4O3/c1-13(2)19(27)24-10-7-14(8-11-24)22-20(28)23-17-12-15(5-6-16(17)21)25-9-3-4-18(25)26/h5-6,12-14H,3-4,7-11H2,1-2H3,(H2,22,23,28). The average molecular weight is 407 g/mol. The second-order valence-corrected chi connectivity index (χ2v) is 8.07. The lowest BCUT2D eigenvalue weighted by atomic mass is 10.0. The minimum Gasteiger partial charge on any atom is -0.342 e. The first-order valence-corrected chi connectivity index (χ1v) is 10.2. The molecule has 1 aromatic carbocycles. The van der Waals surface area contributed by atoms with E-state index in [2.05, 4.69) is 10.6 Å². The topological polar surface area (TPSA) is 81.8 Å². The third kappa shape index (κ3) is 4.76. The van der Waals surface area contributed by atoms with Gasteiger partial charge >= 0.3 is 6.03 Å². The molecule has 2 N–H and O–H groups in total. The fourth-order valence-corrected chi connectivity index (χ4v) is 3.82. The summed E-state index contributed by atoms with van der Waals surface area (Å²) in [5, 5.41) is 6.16. The van der Waals surface area contributed by atoms with Gasteiger partial charge < -0.3 is 20.4 Å². The smallest absolute Gasteiger partial charge is 0.319 e. The molecular formula is C20H27ClN4O3. The van der Waals surface area contributed by atoms with Crippen LogP contribution in [0.15, 0.2) is 18.2 Å². The van der Waals surface area contributed by atoms with Gasteiger partial charge in [0.25, 0.3) is 0 Å². The number of carbonyl (C=O) groups is 3. The van der Waals surface area contributed by atoms with Crippen LogP contribution in [0.1, 0.15) is 39.5 Å². The van der Waals surface area contributed by atoms with E-state index in [1.807, 2.05) is 18.7 Å². The summed E-state index contributed by atoms with van der Waals surface area (Å²) in [7, 11) is 0. The molecule has 0 unspecified atom stereocenters. The van der Waals surface area contributed by atoms with E-state index in [-0.39, 0.29) is 29.8 Å². The number of likely N-dealkylation sites (tertiary alicyclic amines) is 1. The van der Waals surface area contributed by atoms with Gasteiger partial charge in [-0.25, -0.2) is 4.79 Å². The summed E-state index contributed by atoms with van der Waals surface area (Å²) >= 11 is 6.22. The summed E-state index contributed by atoms with van der Waals surface area (Å²) < 4.78 is 0. The minimum atomic E-state index is -0.333. The number of anilines is 2. The molecule has 152 valence electrons. The SMILES string of the molecule is CC(C)C(=O)N1CCC(NC(=O)Nc2cc(N3CCCC3=O)ccc2Cl)CC1. The average Bonchev–Trinajstić information content (AvgIpc) is 3.09. The maximum absolute atomic E-state index is 12.4. The number of benzene rings is 1. The molecule has 28 heavy (non-hydrogen) atoms. The van der Waals surface area contributed by atoms with Crippen LogP contribution in [0, 0.1) is 5.92 Å². The van der Waals surface area contributed by atoms with Crippen LogP contribution in [0.2, 0.25) is 5.02 Å². The highest BCUT2D eigenvalue weighted by Crippen LogP contribution is 2.30. The molecule has 3 rings (SSSR count). The Balaban J connectivity index is 1.55. The highest BCUT2D eigenvalue weighted by atomic mass is 35.5. The van der Waals surface area contributed by atoms with Crippen molar-refractivity contribution in [3.63, 3.8) is 0 Å². The van der Waals surface area contributed by atoms with Gasteiger partial charge in [-0.1, -0.05) is 25.4 Å². The van der Waals surface area contributed by atoms with Gasteiger partial charge in [0.1, 0.15) is 0 Å². The van der Waals surface area contributed by atoms with E-state index in [0.717, 1.165) is 24.9 Å². The Morgan fingerprint density at radius 3 is 2.50 bits per heavy atom. The van der Waals surface area contributed by atoms with Crippen molar-refractivity contribution in [1.29, 1.82) is 0 Å². The van der Waals surface area contributed by atoms with E-state index in [0.29, 0.717) is 36.8 Å². The predicted octanol–water partition coefficient (Wildman–Crippen LogP) is 3.24. The molecule has 0 aromatic heterocycles. The lowest BCUT2D eigenvalue weighted by molar-refractivity contribution is -0.135. The Bertz CT molecular complexity index is 760. The second-order valence-electron chi connectivity index (χ2n) is 7.67. The lowest BCUT2D eigenvalue weighted by Gasteiger charge is -2.33. The van der Waals surface area contributed by atoms with E-state index < -0.39 is 0 Å². The Morgan fingerprint density at radius 2 is 1.89 bits per heavy atom. The number of amides is 4. The zero-order chi connectivity index (χ0) is 20.3. The van der Waals surface area contributed by atoms with Gasteiger partial charge in [-0.15, -0.1) is 0 Å². The summed E-state index contributed by atoms with van der Waals surface area (Å²) in [4.78, 5) is 40.0. The number of hydrogen-bond donors (Lipinski definition) is 2. The third-order valence-electron chi connectivity index (χ3n) is 5.22. The molecule has 0 atom stereocenters. The summed E-state index contributed by atoms with van der Waals surface area (Å²) in [6, 6.07) is 4.89. The first kappa shape index (κ1) is 20.5.